The highest BCUT2D eigenvalue weighted by Gasteiger charge is 2.36. The highest BCUT2D eigenvalue weighted by atomic mass is 16.5. The van der Waals surface area contributed by atoms with E-state index in [0.29, 0.717) is 24.6 Å². The molecule has 2 aliphatic heterocycles. The van der Waals surface area contributed by atoms with Gasteiger partial charge in [-0.3, -0.25) is 33.8 Å². The molecule has 57 heavy (non-hydrogen) atoms. The molecule has 1 unspecified atom stereocenters. The van der Waals surface area contributed by atoms with Crippen LogP contribution in [0.3, 0.4) is 0 Å². The number of carbonyl (C=O) groups excluding carboxylic acids is 2. The van der Waals surface area contributed by atoms with E-state index in [9.17, 15) is 19.5 Å². The first-order chi connectivity index (χ1) is 27.5. The summed E-state index contributed by atoms with van der Waals surface area (Å²) in [7, 11) is 1.72. The number of piperidine rings is 1. The number of piperazine rings is 1. The molecule has 14 nitrogen and oxygen atoms in total. The van der Waals surface area contributed by atoms with Crippen molar-refractivity contribution < 1.29 is 19.4 Å². The van der Waals surface area contributed by atoms with E-state index in [1.165, 1.54) is 10.1 Å². The molecule has 2 amide bonds. The quantitative estimate of drug-likeness (QED) is 0.176. The summed E-state index contributed by atoms with van der Waals surface area (Å²) in [4.78, 5) is 51.4. The number of nitrogens with two attached hydrogens (primary N) is 1. The number of benzene rings is 2. The normalized spacial score (nSPS) is 26.2. The van der Waals surface area contributed by atoms with Crippen LogP contribution >= 0.6 is 0 Å². The van der Waals surface area contributed by atoms with E-state index in [4.69, 9.17) is 10.5 Å². The number of nitrogens with one attached hydrogen (secondary N) is 1. The van der Waals surface area contributed by atoms with Crippen LogP contribution < -0.4 is 16.7 Å². The van der Waals surface area contributed by atoms with Gasteiger partial charge in [0.05, 0.1) is 29.3 Å². The fourth-order valence-electron chi connectivity index (χ4n) is 9.50. The number of ether oxygens (including phenoxy) is 1. The number of hydrogen-bond donors (Lipinski definition) is 3. The Bertz CT molecular complexity index is 2360. The predicted molar refractivity (Wildman–Crippen MR) is 217 cm³/mol. The minimum absolute atomic E-state index is 0.223. The van der Waals surface area contributed by atoms with Gasteiger partial charge in [-0.2, -0.15) is 4.98 Å². The van der Waals surface area contributed by atoms with Gasteiger partial charge in [0.15, 0.2) is 0 Å². The number of imidazole rings is 1. The minimum atomic E-state index is -0.682. The molecule has 4 N–H and O–H groups in total. The van der Waals surface area contributed by atoms with E-state index < -0.39 is 17.6 Å². The van der Waals surface area contributed by atoms with Crippen LogP contribution in [-0.2, 0) is 34.3 Å². The van der Waals surface area contributed by atoms with Crippen molar-refractivity contribution in [3.63, 3.8) is 0 Å². The largest absolute Gasteiger partial charge is 0.390 e. The zero-order chi connectivity index (χ0) is 39.4. The highest BCUT2D eigenvalue weighted by Crippen LogP contribution is 2.39. The molecule has 300 valence electrons. The van der Waals surface area contributed by atoms with Gasteiger partial charge in [0, 0.05) is 81.6 Å². The Morgan fingerprint density at radius 2 is 1.68 bits per heavy atom. The van der Waals surface area contributed by atoms with Crippen molar-refractivity contribution in [3.05, 3.63) is 76.5 Å². The van der Waals surface area contributed by atoms with Crippen LogP contribution in [0.25, 0.3) is 33.2 Å². The number of aliphatic hydroxyl groups is 1. The maximum absolute atomic E-state index is 13.1. The minimum Gasteiger partial charge on any atom is -0.390 e. The number of hydrogen-bond acceptors (Lipinski definition) is 10. The van der Waals surface area contributed by atoms with Crippen LogP contribution in [0.2, 0.25) is 0 Å². The van der Waals surface area contributed by atoms with Gasteiger partial charge in [0.25, 0.3) is 0 Å². The Labute approximate surface area is 331 Å². The van der Waals surface area contributed by atoms with Crippen molar-refractivity contribution in [3.8, 4) is 11.1 Å². The molecule has 5 aromatic rings. The van der Waals surface area contributed by atoms with Gasteiger partial charge in [-0.15, -0.1) is 0 Å². The van der Waals surface area contributed by atoms with Gasteiger partial charge < -0.3 is 20.1 Å². The number of carbonyl (C=O) groups is 2. The first-order valence-corrected chi connectivity index (χ1v) is 20.6. The number of rotatable bonds is 10. The van der Waals surface area contributed by atoms with Crippen molar-refractivity contribution in [1.82, 2.24) is 38.8 Å². The summed E-state index contributed by atoms with van der Waals surface area (Å²) in [5.41, 5.74) is 12.2. The van der Waals surface area contributed by atoms with Crippen LogP contribution in [0.4, 0.5) is 5.95 Å². The number of nitrogens with zero attached hydrogens (tertiary/aromatic N) is 7. The van der Waals surface area contributed by atoms with Crippen molar-refractivity contribution in [2.45, 2.75) is 101 Å². The van der Waals surface area contributed by atoms with Crippen molar-refractivity contribution in [2.75, 3.05) is 38.5 Å². The van der Waals surface area contributed by atoms with E-state index >= 15 is 0 Å². The van der Waals surface area contributed by atoms with E-state index in [2.05, 4.69) is 60.1 Å². The Balaban J connectivity index is 0.738. The van der Waals surface area contributed by atoms with Crippen molar-refractivity contribution >= 4 is 39.8 Å². The summed E-state index contributed by atoms with van der Waals surface area (Å²) >= 11 is 0. The monoisotopic (exact) mass is 775 g/mol. The van der Waals surface area contributed by atoms with Gasteiger partial charge in [-0.25, -0.2) is 9.78 Å². The van der Waals surface area contributed by atoms with Gasteiger partial charge in [0.2, 0.25) is 17.8 Å². The highest BCUT2D eigenvalue weighted by molar-refractivity contribution is 6.00. The molecule has 9 rings (SSSR count). The first kappa shape index (κ1) is 37.7. The van der Waals surface area contributed by atoms with Gasteiger partial charge >= 0.3 is 5.69 Å². The average Bonchev–Trinajstić information content (AvgIpc) is 3.67. The Morgan fingerprint density at radius 1 is 0.947 bits per heavy atom. The SMILES string of the molecule is Cn1c(=O)n(C2CCC(=O)NC2=O)c2ccc(CCOC3CC(N4CCN(Cc5ccc(-c6cn([C@H]7CC[C@](C)(O)CC7)c7nc(N)ncc67)cc5)CC4)C3)cc21. The fourth-order valence-corrected chi connectivity index (χ4v) is 9.50. The van der Waals surface area contributed by atoms with Crippen LogP contribution in [0.5, 0.6) is 0 Å². The lowest BCUT2D eigenvalue weighted by molar-refractivity contribution is -0.135. The van der Waals surface area contributed by atoms with Gasteiger partial charge in [-0.1, -0.05) is 30.3 Å². The molecule has 14 heteroatoms. The zero-order valence-electron chi connectivity index (χ0n) is 32.9. The van der Waals surface area contributed by atoms with Crippen LogP contribution in [0, 0.1) is 0 Å². The maximum Gasteiger partial charge on any atom is 0.329 e. The molecule has 3 aromatic heterocycles. The lowest BCUT2D eigenvalue weighted by atomic mass is 9.83. The Hall–Kier alpha value is -4.89. The second kappa shape index (κ2) is 15.1. The summed E-state index contributed by atoms with van der Waals surface area (Å²) in [6, 6.07) is 15.0. The second-order valence-electron chi connectivity index (χ2n) is 17.0. The summed E-state index contributed by atoms with van der Waals surface area (Å²) < 4.78 is 11.6. The molecule has 5 heterocycles. The van der Waals surface area contributed by atoms with Crippen LogP contribution in [0.1, 0.15) is 81.5 Å². The Kier molecular flexibility index (Phi) is 10.00. The smallest absolute Gasteiger partial charge is 0.329 e. The average molecular weight is 776 g/mol. The molecule has 0 radical (unpaired) electrons. The van der Waals surface area contributed by atoms with Crippen molar-refractivity contribution in [2.24, 2.45) is 7.05 Å². The summed E-state index contributed by atoms with van der Waals surface area (Å²) in [5, 5.41) is 13.9. The van der Waals surface area contributed by atoms with Crippen molar-refractivity contribution in [1.29, 1.82) is 0 Å². The van der Waals surface area contributed by atoms with Crippen LogP contribution in [0.15, 0.2) is 59.7 Å². The molecular weight excluding hydrogens is 723 g/mol. The molecule has 2 aliphatic carbocycles. The van der Waals surface area contributed by atoms with E-state index in [-0.39, 0.29) is 36.1 Å². The summed E-state index contributed by atoms with van der Waals surface area (Å²) in [5.74, 6) is -0.442. The lowest BCUT2D eigenvalue weighted by Gasteiger charge is -2.46. The predicted octanol–water partition coefficient (Wildman–Crippen LogP) is 4.09. The molecule has 4 aliphatic rings. The topological polar surface area (TPSA) is 166 Å². The molecule has 2 saturated carbocycles. The molecule has 1 atom stereocenters. The zero-order valence-corrected chi connectivity index (χ0v) is 32.9. The standard InChI is InChI=1S/C43H53N9O5/c1-43(56)14-11-30(12-15-43)51-26-34(33-24-45-41(44)47-39(33)51)29-6-3-28(4-7-29)25-49-16-18-50(19-17-49)31-22-32(23-31)57-20-13-27-5-8-35-37(21-27)48(2)42(55)52(35)36-9-10-38(53)46-40(36)54/h3-8,21,24,26,30-32,36,56H,9-20,22-23,25H2,1-2H3,(H2,44,45,47)(H,46,53,54)/t30-,31?,32?,36?,43-. The third kappa shape index (κ3) is 7.51. The summed E-state index contributed by atoms with van der Waals surface area (Å²) in [6.07, 6.45) is 11.1. The molecule has 4 fully saturated rings. The third-order valence-electron chi connectivity index (χ3n) is 13.1. The second-order valence-corrected chi connectivity index (χ2v) is 17.0. The fraction of sp³-hybridized carbons (Fsp3) is 0.512. The molecule has 2 saturated heterocycles. The number of anilines is 1. The number of aryl methyl sites for hydroxylation is 1. The van der Waals surface area contributed by atoms with Gasteiger partial charge in [-0.05, 0) is 87.1 Å². The third-order valence-corrected chi connectivity index (χ3v) is 13.1. The van der Waals surface area contributed by atoms with Crippen LogP contribution in [-0.4, -0.2) is 101 Å². The molecule has 0 bridgehead atoms. The van der Waals surface area contributed by atoms with E-state index in [1.807, 2.05) is 31.3 Å². The Morgan fingerprint density at radius 3 is 2.42 bits per heavy atom. The van der Waals surface area contributed by atoms with E-state index in [0.717, 1.165) is 111 Å². The molecule has 0 spiro atoms. The number of imide groups is 1. The number of nitrogen functional groups attached to an aromatic ring is 1. The lowest BCUT2D eigenvalue weighted by Crippen LogP contribution is -2.55. The van der Waals surface area contributed by atoms with Gasteiger partial charge in [0.1, 0.15) is 11.7 Å². The summed E-state index contributed by atoms with van der Waals surface area (Å²) in [6.45, 7) is 7.68. The number of aromatic nitrogens is 5. The number of fused-ring (bicyclic) bond motifs is 2. The van der Waals surface area contributed by atoms with E-state index in [1.54, 1.807) is 11.6 Å². The first-order valence-electron chi connectivity index (χ1n) is 20.6. The maximum atomic E-state index is 13.1. The number of amides is 2. The molecule has 2 aromatic carbocycles. The molecular formula is C43H53N9O5.